The van der Waals surface area contributed by atoms with E-state index < -0.39 is 0 Å². The Labute approximate surface area is 141 Å². The molecule has 0 aliphatic carbocycles. The number of benzene rings is 2. The van der Waals surface area contributed by atoms with Gasteiger partial charge in [0.05, 0.1) is 6.21 Å². The lowest BCUT2D eigenvalue weighted by atomic mass is 10.0. The van der Waals surface area contributed by atoms with E-state index in [-0.39, 0.29) is 12.5 Å². The minimum Gasteiger partial charge on any atom is -0.484 e. The van der Waals surface area contributed by atoms with Gasteiger partial charge in [0.25, 0.3) is 5.91 Å². The van der Waals surface area contributed by atoms with Gasteiger partial charge in [-0.25, -0.2) is 5.43 Å². The molecule has 0 aliphatic heterocycles. The highest BCUT2D eigenvalue weighted by atomic mass is 35.5. The van der Waals surface area contributed by atoms with Crippen molar-refractivity contribution in [3.63, 3.8) is 0 Å². The Morgan fingerprint density at radius 1 is 1.26 bits per heavy atom. The van der Waals surface area contributed by atoms with E-state index in [1.807, 2.05) is 36.4 Å². The maximum absolute atomic E-state index is 11.7. The van der Waals surface area contributed by atoms with Gasteiger partial charge in [0, 0.05) is 5.02 Å². The van der Waals surface area contributed by atoms with Crippen molar-refractivity contribution in [1.82, 2.24) is 5.43 Å². The third kappa shape index (κ3) is 5.75. The van der Waals surface area contributed by atoms with Crippen molar-refractivity contribution >= 4 is 23.7 Å². The first kappa shape index (κ1) is 17.0. The number of halogens is 1. The highest BCUT2D eigenvalue weighted by molar-refractivity contribution is 6.30. The maximum atomic E-state index is 11.7. The number of hydrazone groups is 1. The lowest BCUT2D eigenvalue weighted by molar-refractivity contribution is -0.123. The third-order valence-electron chi connectivity index (χ3n) is 3.17. The molecule has 2 aromatic carbocycles. The number of ether oxygens (including phenoxy) is 1. The number of carbonyl (C=O) groups excluding carboxylic acids is 1. The van der Waals surface area contributed by atoms with Gasteiger partial charge in [-0.1, -0.05) is 49.7 Å². The largest absolute Gasteiger partial charge is 0.484 e. The van der Waals surface area contributed by atoms with Crippen LogP contribution in [0.1, 0.15) is 30.9 Å². The fourth-order valence-corrected chi connectivity index (χ4v) is 2.00. The molecule has 0 radical (unpaired) electrons. The zero-order valence-electron chi connectivity index (χ0n) is 13.1. The van der Waals surface area contributed by atoms with Crippen LogP contribution in [0.2, 0.25) is 5.02 Å². The molecule has 23 heavy (non-hydrogen) atoms. The maximum Gasteiger partial charge on any atom is 0.277 e. The van der Waals surface area contributed by atoms with E-state index in [9.17, 15) is 4.79 Å². The lowest BCUT2D eigenvalue weighted by Crippen LogP contribution is -2.24. The number of hydrogen-bond donors (Lipinski definition) is 1. The number of nitrogens with zero attached hydrogens (tertiary/aromatic N) is 1. The molecule has 0 aliphatic rings. The van der Waals surface area contributed by atoms with Crippen molar-refractivity contribution in [2.24, 2.45) is 5.10 Å². The Balaban J connectivity index is 1.81. The molecule has 0 spiro atoms. The zero-order chi connectivity index (χ0) is 16.7. The second-order valence-corrected chi connectivity index (χ2v) is 5.80. The summed E-state index contributed by atoms with van der Waals surface area (Å²) in [7, 11) is 0. The first-order valence-electron chi connectivity index (χ1n) is 7.35. The van der Waals surface area contributed by atoms with Crippen LogP contribution in [-0.4, -0.2) is 18.7 Å². The molecule has 0 fully saturated rings. The van der Waals surface area contributed by atoms with Gasteiger partial charge in [-0.2, -0.15) is 5.10 Å². The highest BCUT2D eigenvalue weighted by Gasteiger charge is 2.04. The average Bonchev–Trinajstić information content (AvgIpc) is 2.55. The van der Waals surface area contributed by atoms with Crippen LogP contribution >= 0.6 is 11.6 Å². The molecule has 2 aromatic rings. The van der Waals surface area contributed by atoms with Crippen LogP contribution in [0, 0.1) is 0 Å². The predicted molar refractivity (Wildman–Crippen MR) is 93.2 cm³/mol. The topological polar surface area (TPSA) is 50.7 Å². The van der Waals surface area contributed by atoms with Crippen LogP contribution in [0.15, 0.2) is 53.6 Å². The fourth-order valence-electron chi connectivity index (χ4n) is 1.87. The Morgan fingerprint density at radius 3 is 2.70 bits per heavy atom. The molecule has 0 heterocycles. The van der Waals surface area contributed by atoms with Crippen molar-refractivity contribution in [1.29, 1.82) is 0 Å². The van der Waals surface area contributed by atoms with Gasteiger partial charge in [0.1, 0.15) is 5.75 Å². The normalized spacial score (nSPS) is 11.0. The quantitative estimate of drug-likeness (QED) is 0.643. The molecule has 120 valence electrons. The second kappa shape index (κ2) is 8.34. The summed E-state index contributed by atoms with van der Waals surface area (Å²) in [5.41, 5.74) is 4.44. The van der Waals surface area contributed by atoms with Crippen molar-refractivity contribution in [3.05, 3.63) is 64.7 Å². The van der Waals surface area contributed by atoms with Gasteiger partial charge < -0.3 is 4.74 Å². The van der Waals surface area contributed by atoms with E-state index in [4.69, 9.17) is 16.3 Å². The molecule has 5 heteroatoms. The van der Waals surface area contributed by atoms with Gasteiger partial charge in [-0.3, -0.25) is 4.79 Å². The molecule has 1 amide bonds. The Kier molecular flexibility index (Phi) is 6.18. The first-order chi connectivity index (χ1) is 11.0. The van der Waals surface area contributed by atoms with E-state index in [1.54, 1.807) is 18.3 Å². The molecule has 0 aromatic heterocycles. The smallest absolute Gasteiger partial charge is 0.277 e. The van der Waals surface area contributed by atoms with Crippen LogP contribution < -0.4 is 10.2 Å². The van der Waals surface area contributed by atoms with E-state index in [2.05, 4.69) is 24.4 Å². The summed E-state index contributed by atoms with van der Waals surface area (Å²) < 4.78 is 5.47. The van der Waals surface area contributed by atoms with Crippen LogP contribution in [0.4, 0.5) is 0 Å². The molecule has 2 rings (SSSR count). The monoisotopic (exact) mass is 330 g/mol. The molecular weight excluding hydrogens is 312 g/mol. The fraction of sp³-hybridized carbons (Fsp3) is 0.222. The summed E-state index contributed by atoms with van der Waals surface area (Å²) in [5.74, 6) is 0.773. The average molecular weight is 331 g/mol. The molecule has 0 bridgehead atoms. The number of rotatable bonds is 6. The van der Waals surface area contributed by atoms with Gasteiger partial charge >= 0.3 is 0 Å². The molecule has 0 saturated carbocycles. The zero-order valence-corrected chi connectivity index (χ0v) is 13.9. The highest BCUT2D eigenvalue weighted by Crippen LogP contribution is 2.19. The van der Waals surface area contributed by atoms with E-state index in [0.29, 0.717) is 16.7 Å². The summed E-state index contributed by atoms with van der Waals surface area (Å²) >= 11 is 5.80. The van der Waals surface area contributed by atoms with Gasteiger partial charge in [-0.15, -0.1) is 0 Å². The van der Waals surface area contributed by atoms with E-state index >= 15 is 0 Å². The lowest BCUT2D eigenvalue weighted by Gasteiger charge is -2.09. The summed E-state index contributed by atoms with van der Waals surface area (Å²) in [5, 5.41) is 4.54. The van der Waals surface area contributed by atoms with Crippen molar-refractivity contribution in [3.8, 4) is 5.75 Å². The second-order valence-electron chi connectivity index (χ2n) is 5.36. The standard InChI is InChI=1S/C18H19ClN2O2/c1-13(2)15-4-3-5-17(10-15)23-12-18(22)21-20-11-14-6-8-16(19)9-7-14/h3-11,13H,12H2,1-2H3,(H,21,22)/b20-11+. The molecule has 0 atom stereocenters. The Hall–Kier alpha value is -2.33. The van der Waals surface area contributed by atoms with Crippen LogP contribution in [0.3, 0.4) is 0 Å². The number of nitrogens with one attached hydrogen (secondary N) is 1. The van der Waals surface area contributed by atoms with E-state index in [1.165, 1.54) is 5.56 Å². The van der Waals surface area contributed by atoms with Crippen LogP contribution in [0.25, 0.3) is 0 Å². The minimum atomic E-state index is -0.315. The van der Waals surface area contributed by atoms with Gasteiger partial charge in [0.15, 0.2) is 6.61 Å². The third-order valence-corrected chi connectivity index (χ3v) is 3.42. The van der Waals surface area contributed by atoms with E-state index in [0.717, 1.165) is 5.56 Å². The number of amides is 1. The molecular formula is C18H19ClN2O2. The van der Waals surface area contributed by atoms with Gasteiger partial charge in [-0.05, 0) is 41.3 Å². The Bertz CT molecular complexity index is 682. The van der Waals surface area contributed by atoms with Crippen LogP contribution in [0.5, 0.6) is 5.75 Å². The summed E-state index contributed by atoms with van der Waals surface area (Å²) in [6.07, 6.45) is 1.55. The SMILES string of the molecule is CC(C)c1cccc(OCC(=O)N/N=C/c2ccc(Cl)cc2)c1. The molecule has 0 saturated heterocycles. The Morgan fingerprint density at radius 2 is 2.00 bits per heavy atom. The molecule has 4 nitrogen and oxygen atoms in total. The molecule has 0 unspecified atom stereocenters. The minimum absolute atomic E-state index is 0.0838. The predicted octanol–water partition coefficient (Wildman–Crippen LogP) is 3.99. The van der Waals surface area contributed by atoms with Crippen molar-refractivity contribution < 1.29 is 9.53 Å². The summed E-state index contributed by atoms with van der Waals surface area (Å²) in [6, 6.07) is 14.9. The van der Waals surface area contributed by atoms with Gasteiger partial charge in [0.2, 0.25) is 0 Å². The van der Waals surface area contributed by atoms with Crippen molar-refractivity contribution in [2.75, 3.05) is 6.61 Å². The van der Waals surface area contributed by atoms with Crippen molar-refractivity contribution in [2.45, 2.75) is 19.8 Å². The summed E-state index contributed by atoms with van der Waals surface area (Å²) in [4.78, 5) is 11.7. The summed E-state index contributed by atoms with van der Waals surface area (Å²) in [6.45, 7) is 4.13. The number of carbonyl (C=O) groups is 1. The number of hydrogen-bond acceptors (Lipinski definition) is 3. The van der Waals surface area contributed by atoms with Crippen LogP contribution in [-0.2, 0) is 4.79 Å². The first-order valence-corrected chi connectivity index (χ1v) is 7.72. The molecule has 1 N–H and O–H groups in total.